The molecule has 0 N–H and O–H groups in total. The van der Waals surface area contributed by atoms with Crippen molar-refractivity contribution in [3.63, 3.8) is 0 Å². The Bertz CT molecular complexity index is 132. The lowest BCUT2D eigenvalue weighted by molar-refractivity contribution is 0.526. The van der Waals surface area contributed by atoms with Crippen molar-refractivity contribution >= 4 is 0 Å². The molecule has 0 spiro atoms. The summed E-state index contributed by atoms with van der Waals surface area (Å²) in [5, 5.41) is 0. The number of hydrogen-bond acceptors (Lipinski definition) is 0. The minimum atomic E-state index is 0. The molecule has 0 amide bonds. The molecule has 0 saturated carbocycles. The van der Waals surface area contributed by atoms with E-state index in [4.69, 9.17) is 0 Å². The van der Waals surface area contributed by atoms with Gasteiger partial charge in [-0.2, -0.15) is 0 Å². The zero-order chi connectivity index (χ0) is 14.7. The van der Waals surface area contributed by atoms with Gasteiger partial charge in [0.25, 0.3) is 0 Å². The fourth-order valence-corrected chi connectivity index (χ4v) is 2.97. The molecule has 0 aliphatic rings. The van der Waals surface area contributed by atoms with Gasteiger partial charge >= 0.3 is 0 Å². The highest BCUT2D eigenvalue weighted by atomic mass is 14.0. The second kappa shape index (κ2) is 25.9. The third-order valence-corrected chi connectivity index (χ3v) is 4.46. The summed E-state index contributed by atoms with van der Waals surface area (Å²) in [6.45, 7) is 4.59. The molecule has 0 unspecified atom stereocenters. The second-order valence-electron chi connectivity index (χ2n) is 6.66. The van der Waals surface area contributed by atoms with E-state index in [0.29, 0.717) is 0 Å². The van der Waals surface area contributed by atoms with Crippen LogP contribution in [0.1, 0.15) is 144 Å². The Labute approximate surface area is 144 Å². The number of rotatable bonds is 17. The van der Waals surface area contributed by atoms with Gasteiger partial charge in [0, 0.05) is 0 Å². The summed E-state index contributed by atoms with van der Waals surface area (Å²) < 4.78 is 0. The van der Waals surface area contributed by atoms with Gasteiger partial charge in [-0.05, 0) is 0 Å². The fourth-order valence-electron chi connectivity index (χ4n) is 2.97. The second-order valence-corrected chi connectivity index (χ2v) is 6.66. The molecule has 0 bridgehead atoms. The SMILES string of the molecule is C.C.CCCCCCCCCCCCCCCCCCCC. The molecule has 22 heavy (non-hydrogen) atoms. The van der Waals surface area contributed by atoms with Crippen LogP contribution >= 0.6 is 0 Å². The highest BCUT2D eigenvalue weighted by Crippen LogP contribution is 2.14. The minimum Gasteiger partial charge on any atom is -0.0776 e. The molecular weight excluding hydrogens is 264 g/mol. The molecule has 0 nitrogen and oxygen atoms in total. The molecule has 0 atom stereocenters. The van der Waals surface area contributed by atoms with Crippen molar-refractivity contribution in [1.29, 1.82) is 0 Å². The van der Waals surface area contributed by atoms with E-state index in [-0.39, 0.29) is 14.9 Å². The van der Waals surface area contributed by atoms with Crippen molar-refractivity contribution in [3.05, 3.63) is 0 Å². The van der Waals surface area contributed by atoms with Crippen LogP contribution in [0.15, 0.2) is 0 Å². The molecular formula is C22H50. The van der Waals surface area contributed by atoms with Gasteiger partial charge in [0.1, 0.15) is 0 Å². The third-order valence-electron chi connectivity index (χ3n) is 4.46. The molecule has 0 fully saturated rings. The van der Waals surface area contributed by atoms with Crippen LogP contribution in [0.4, 0.5) is 0 Å². The molecule has 0 aromatic heterocycles. The van der Waals surface area contributed by atoms with Gasteiger partial charge in [-0.1, -0.05) is 144 Å². The first-order valence-electron chi connectivity index (χ1n) is 9.91. The Hall–Kier alpha value is 0. The molecule has 0 aromatic carbocycles. The highest BCUT2D eigenvalue weighted by Gasteiger charge is 1.94. The lowest BCUT2D eigenvalue weighted by atomic mass is 10.0. The maximum absolute atomic E-state index is 2.30. The van der Waals surface area contributed by atoms with Crippen molar-refractivity contribution in [3.8, 4) is 0 Å². The van der Waals surface area contributed by atoms with E-state index in [1.165, 1.54) is 116 Å². The number of unbranched alkanes of at least 4 members (excludes halogenated alkanes) is 17. The molecule has 0 aromatic rings. The van der Waals surface area contributed by atoms with Gasteiger partial charge in [0.2, 0.25) is 0 Å². The maximum atomic E-state index is 2.30. The molecule has 0 heterocycles. The first kappa shape index (κ1) is 26.9. The van der Waals surface area contributed by atoms with Crippen LogP contribution in [0.5, 0.6) is 0 Å². The van der Waals surface area contributed by atoms with Crippen LogP contribution in [-0.2, 0) is 0 Å². The third kappa shape index (κ3) is 25.0. The molecule has 0 aliphatic carbocycles. The zero-order valence-electron chi connectivity index (χ0n) is 14.7. The summed E-state index contributed by atoms with van der Waals surface area (Å²) in [6, 6.07) is 0. The topological polar surface area (TPSA) is 0 Å². The minimum absolute atomic E-state index is 0. The average molecular weight is 315 g/mol. The van der Waals surface area contributed by atoms with Gasteiger partial charge in [0.05, 0.1) is 0 Å². The van der Waals surface area contributed by atoms with Crippen molar-refractivity contribution in [2.45, 2.75) is 144 Å². The maximum Gasteiger partial charge on any atom is -0.0533 e. The van der Waals surface area contributed by atoms with Crippen LogP contribution in [0.3, 0.4) is 0 Å². The summed E-state index contributed by atoms with van der Waals surface area (Å²) in [7, 11) is 0. The van der Waals surface area contributed by atoms with Crippen LogP contribution < -0.4 is 0 Å². The average Bonchev–Trinajstić information content (AvgIpc) is 2.47. The Morgan fingerprint density at radius 1 is 0.273 bits per heavy atom. The van der Waals surface area contributed by atoms with Crippen LogP contribution in [0.25, 0.3) is 0 Å². The first-order chi connectivity index (χ1) is 9.91. The first-order valence-corrected chi connectivity index (χ1v) is 9.91. The lowest BCUT2D eigenvalue weighted by Crippen LogP contribution is -1.83. The normalized spacial score (nSPS) is 10.1. The van der Waals surface area contributed by atoms with E-state index in [0.717, 1.165) is 0 Å². The predicted molar refractivity (Wildman–Crippen MR) is 108 cm³/mol. The molecule has 0 heteroatoms. The van der Waals surface area contributed by atoms with E-state index < -0.39 is 0 Å². The molecule has 0 aliphatic heterocycles. The summed E-state index contributed by atoms with van der Waals surface area (Å²) in [5.41, 5.74) is 0. The Morgan fingerprint density at radius 3 is 0.545 bits per heavy atom. The quantitative estimate of drug-likeness (QED) is 0.234. The van der Waals surface area contributed by atoms with Crippen molar-refractivity contribution in [2.24, 2.45) is 0 Å². The van der Waals surface area contributed by atoms with Crippen molar-refractivity contribution in [2.75, 3.05) is 0 Å². The van der Waals surface area contributed by atoms with Gasteiger partial charge in [-0.25, -0.2) is 0 Å². The van der Waals surface area contributed by atoms with Gasteiger partial charge in [-0.3, -0.25) is 0 Å². The molecule has 138 valence electrons. The Kier molecular flexibility index (Phi) is 31.7. The van der Waals surface area contributed by atoms with Gasteiger partial charge in [0.15, 0.2) is 0 Å². The van der Waals surface area contributed by atoms with E-state index in [1.807, 2.05) is 0 Å². The monoisotopic (exact) mass is 314 g/mol. The van der Waals surface area contributed by atoms with Crippen LogP contribution in [0.2, 0.25) is 0 Å². The van der Waals surface area contributed by atoms with E-state index in [2.05, 4.69) is 13.8 Å². The van der Waals surface area contributed by atoms with E-state index in [9.17, 15) is 0 Å². The summed E-state index contributed by atoms with van der Waals surface area (Å²) in [4.78, 5) is 0. The largest absolute Gasteiger partial charge is 0.0776 e. The summed E-state index contributed by atoms with van der Waals surface area (Å²) in [6.07, 6.45) is 26.4. The molecule has 0 radical (unpaired) electrons. The molecule has 0 saturated heterocycles. The predicted octanol–water partition coefficient (Wildman–Crippen LogP) is 9.32. The van der Waals surface area contributed by atoms with Crippen LogP contribution in [-0.4, -0.2) is 0 Å². The van der Waals surface area contributed by atoms with Crippen LogP contribution in [0, 0.1) is 0 Å². The van der Waals surface area contributed by atoms with Gasteiger partial charge in [-0.15, -0.1) is 0 Å². The standard InChI is InChI=1S/C20H42.2CH4/c1-3-5-7-9-11-13-15-17-19-20-18-16-14-12-10-8-6-4-2;;/h3-20H2,1-2H3;2*1H4. The van der Waals surface area contributed by atoms with Gasteiger partial charge < -0.3 is 0 Å². The Balaban J connectivity index is -0.00000180. The van der Waals surface area contributed by atoms with Crippen molar-refractivity contribution in [1.82, 2.24) is 0 Å². The van der Waals surface area contributed by atoms with E-state index in [1.54, 1.807) is 0 Å². The van der Waals surface area contributed by atoms with Crippen molar-refractivity contribution < 1.29 is 0 Å². The zero-order valence-corrected chi connectivity index (χ0v) is 14.7. The molecule has 0 rings (SSSR count). The fraction of sp³-hybridized carbons (Fsp3) is 1.00. The highest BCUT2D eigenvalue weighted by molar-refractivity contribution is 4.49. The number of hydrogen-bond donors (Lipinski definition) is 0. The smallest absolute Gasteiger partial charge is 0.0533 e. The summed E-state index contributed by atoms with van der Waals surface area (Å²) in [5.74, 6) is 0. The Morgan fingerprint density at radius 2 is 0.409 bits per heavy atom. The lowest BCUT2D eigenvalue weighted by Gasteiger charge is -2.03. The van der Waals surface area contributed by atoms with E-state index >= 15 is 0 Å². The summed E-state index contributed by atoms with van der Waals surface area (Å²) >= 11 is 0.